The minimum absolute atomic E-state index is 0.698. The number of hydrogen-bond acceptors (Lipinski definition) is 5. The Morgan fingerprint density at radius 2 is 2.04 bits per heavy atom. The summed E-state index contributed by atoms with van der Waals surface area (Å²) in [5, 5.41) is 3.45. The molecule has 0 saturated heterocycles. The molecule has 3 aromatic rings. The highest BCUT2D eigenvalue weighted by Gasteiger charge is 2.13. The van der Waals surface area contributed by atoms with Crippen molar-refractivity contribution in [3.63, 3.8) is 0 Å². The van der Waals surface area contributed by atoms with Crippen LogP contribution in [0.2, 0.25) is 0 Å². The van der Waals surface area contributed by atoms with Crippen molar-refractivity contribution in [2.75, 3.05) is 13.2 Å². The molecule has 25 heavy (non-hydrogen) atoms. The summed E-state index contributed by atoms with van der Waals surface area (Å²) in [7, 11) is 0. The van der Waals surface area contributed by atoms with E-state index in [1.165, 1.54) is 0 Å². The molecule has 0 spiro atoms. The van der Waals surface area contributed by atoms with Gasteiger partial charge in [-0.25, -0.2) is 9.97 Å². The van der Waals surface area contributed by atoms with Crippen molar-refractivity contribution < 1.29 is 9.47 Å². The predicted octanol–water partition coefficient (Wildman–Crippen LogP) is 2.72. The van der Waals surface area contributed by atoms with Crippen LogP contribution >= 0.6 is 0 Å². The van der Waals surface area contributed by atoms with E-state index in [1.807, 2.05) is 35.2 Å². The van der Waals surface area contributed by atoms with E-state index < -0.39 is 0 Å². The summed E-state index contributed by atoms with van der Waals surface area (Å²) in [6.45, 7) is 2.86. The largest absolute Gasteiger partial charge is 0.490 e. The molecule has 0 radical (unpaired) electrons. The molecule has 2 aromatic heterocycles. The van der Waals surface area contributed by atoms with E-state index in [9.17, 15) is 0 Å². The lowest BCUT2D eigenvalue weighted by molar-refractivity contribution is 0.296. The molecule has 0 fully saturated rings. The smallest absolute Gasteiger partial charge is 0.165 e. The van der Waals surface area contributed by atoms with Crippen molar-refractivity contribution in [2.24, 2.45) is 0 Å². The molecule has 1 aromatic carbocycles. The summed E-state index contributed by atoms with van der Waals surface area (Å²) in [6, 6.07) is 10.1. The molecule has 0 bridgehead atoms. The van der Waals surface area contributed by atoms with Crippen LogP contribution in [0.3, 0.4) is 0 Å². The molecular formula is C19H20N4O2. The number of rotatable bonds is 5. The molecule has 1 aliphatic rings. The summed E-state index contributed by atoms with van der Waals surface area (Å²) in [5.74, 6) is 2.56. The standard InChI is InChI=1S/C19H20N4O2/c1-3-16(19-17(4-1)24-9-2-10-25-19)13-21-11-15-5-6-18(22-12-15)23-8-7-20-14-23/h1,3-8,12,14,21H,2,9-11,13H2. The van der Waals surface area contributed by atoms with Crippen molar-refractivity contribution in [3.05, 3.63) is 66.4 Å². The van der Waals surface area contributed by atoms with E-state index in [0.717, 1.165) is 48.0 Å². The molecule has 0 unspecified atom stereocenters. The number of fused-ring (bicyclic) bond motifs is 1. The number of ether oxygens (including phenoxy) is 2. The van der Waals surface area contributed by atoms with Gasteiger partial charge in [-0.3, -0.25) is 4.57 Å². The minimum atomic E-state index is 0.698. The van der Waals surface area contributed by atoms with E-state index in [2.05, 4.69) is 27.4 Å². The number of imidazole rings is 1. The fourth-order valence-corrected chi connectivity index (χ4v) is 2.80. The van der Waals surface area contributed by atoms with Gasteiger partial charge in [0, 0.05) is 43.7 Å². The third kappa shape index (κ3) is 3.64. The van der Waals surface area contributed by atoms with Gasteiger partial charge in [0.2, 0.25) is 0 Å². The maximum absolute atomic E-state index is 5.85. The summed E-state index contributed by atoms with van der Waals surface area (Å²) in [5.41, 5.74) is 2.24. The van der Waals surface area contributed by atoms with Crippen LogP contribution in [0.5, 0.6) is 11.5 Å². The van der Waals surface area contributed by atoms with Gasteiger partial charge in [0.1, 0.15) is 12.1 Å². The Morgan fingerprint density at radius 1 is 1.08 bits per heavy atom. The van der Waals surface area contributed by atoms with E-state index in [4.69, 9.17) is 9.47 Å². The topological polar surface area (TPSA) is 61.2 Å². The SMILES string of the molecule is c1cc(CNCc2ccc(-n3ccnc3)nc2)c2c(c1)OCCCO2. The number of benzene rings is 1. The van der Waals surface area contributed by atoms with E-state index >= 15 is 0 Å². The van der Waals surface area contributed by atoms with Crippen molar-refractivity contribution in [3.8, 4) is 17.3 Å². The Morgan fingerprint density at radius 3 is 2.88 bits per heavy atom. The number of pyridine rings is 1. The zero-order chi connectivity index (χ0) is 16.9. The average Bonchev–Trinajstić information content (AvgIpc) is 3.07. The summed E-state index contributed by atoms with van der Waals surface area (Å²) in [4.78, 5) is 8.50. The van der Waals surface area contributed by atoms with Crippen LogP contribution in [0, 0.1) is 0 Å². The second-order valence-electron chi connectivity index (χ2n) is 5.89. The van der Waals surface area contributed by atoms with Gasteiger partial charge in [-0.2, -0.15) is 0 Å². The van der Waals surface area contributed by atoms with Gasteiger partial charge >= 0.3 is 0 Å². The molecule has 128 valence electrons. The molecule has 6 heteroatoms. The lowest BCUT2D eigenvalue weighted by Crippen LogP contribution is -2.14. The summed E-state index contributed by atoms with van der Waals surface area (Å²) >= 11 is 0. The molecule has 0 aliphatic carbocycles. The van der Waals surface area contributed by atoms with Gasteiger partial charge in [-0.05, 0) is 17.7 Å². The van der Waals surface area contributed by atoms with Gasteiger partial charge in [-0.15, -0.1) is 0 Å². The highest BCUT2D eigenvalue weighted by molar-refractivity contribution is 5.47. The second-order valence-corrected chi connectivity index (χ2v) is 5.89. The first-order valence-electron chi connectivity index (χ1n) is 8.41. The van der Waals surface area contributed by atoms with E-state index in [-0.39, 0.29) is 0 Å². The van der Waals surface area contributed by atoms with Crippen LogP contribution in [-0.4, -0.2) is 27.7 Å². The first-order valence-corrected chi connectivity index (χ1v) is 8.41. The molecule has 1 N–H and O–H groups in total. The molecule has 3 heterocycles. The van der Waals surface area contributed by atoms with Crippen LogP contribution in [-0.2, 0) is 13.1 Å². The number of aromatic nitrogens is 3. The fraction of sp³-hybridized carbons (Fsp3) is 0.263. The predicted molar refractivity (Wildman–Crippen MR) is 94.0 cm³/mol. The fourth-order valence-electron chi connectivity index (χ4n) is 2.80. The average molecular weight is 336 g/mol. The molecule has 0 saturated carbocycles. The van der Waals surface area contributed by atoms with Crippen molar-refractivity contribution >= 4 is 0 Å². The molecule has 4 rings (SSSR count). The number of nitrogens with one attached hydrogen (secondary N) is 1. The molecule has 6 nitrogen and oxygen atoms in total. The monoisotopic (exact) mass is 336 g/mol. The maximum Gasteiger partial charge on any atom is 0.165 e. The number of hydrogen-bond donors (Lipinski definition) is 1. The van der Waals surface area contributed by atoms with Gasteiger partial charge in [0.05, 0.1) is 13.2 Å². The van der Waals surface area contributed by atoms with E-state index in [1.54, 1.807) is 12.5 Å². The second kappa shape index (κ2) is 7.36. The Labute approximate surface area is 146 Å². The quantitative estimate of drug-likeness (QED) is 0.776. The Balaban J connectivity index is 1.38. The highest BCUT2D eigenvalue weighted by atomic mass is 16.5. The van der Waals surface area contributed by atoms with Gasteiger partial charge in [-0.1, -0.05) is 18.2 Å². The van der Waals surface area contributed by atoms with Crippen molar-refractivity contribution in [1.82, 2.24) is 19.9 Å². The van der Waals surface area contributed by atoms with Gasteiger partial charge in [0.25, 0.3) is 0 Å². The third-order valence-electron chi connectivity index (χ3n) is 4.08. The lowest BCUT2D eigenvalue weighted by atomic mass is 10.1. The Kier molecular flexibility index (Phi) is 4.61. The lowest BCUT2D eigenvalue weighted by Gasteiger charge is -2.13. The Bertz CT molecular complexity index is 816. The minimum Gasteiger partial charge on any atom is -0.490 e. The first-order chi connectivity index (χ1) is 12.4. The maximum atomic E-state index is 5.85. The molecule has 0 atom stereocenters. The molecule has 0 amide bonds. The normalized spacial score (nSPS) is 13.4. The van der Waals surface area contributed by atoms with Crippen LogP contribution in [0.15, 0.2) is 55.2 Å². The van der Waals surface area contributed by atoms with Crippen LogP contribution < -0.4 is 14.8 Å². The van der Waals surface area contributed by atoms with Gasteiger partial charge < -0.3 is 14.8 Å². The van der Waals surface area contributed by atoms with Crippen LogP contribution in [0.1, 0.15) is 17.5 Å². The van der Waals surface area contributed by atoms with Crippen LogP contribution in [0.25, 0.3) is 5.82 Å². The first kappa shape index (κ1) is 15.7. The molecule has 1 aliphatic heterocycles. The van der Waals surface area contributed by atoms with Crippen molar-refractivity contribution in [2.45, 2.75) is 19.5 Å². The summed E-state index contributed by atoms with van der Waals surface area (Å²) < 4.78 is 13.5. The zero-order valence-corrected chi connectivity index (χ0v) is 13.9. The number of nitrogens with zero attached hydrogens (tertiary/aromatic N) is 3. The number of para-hydroxylation sites is 1. The van der Waals surface area contributed by atoms with E-state index in [0.29, 0.717) is 13.2 Å². The van der Waals surface area contributed by atoms with Gasteiger partial charge in [0.15, 0.2) is 11.5 Å². The highest BCUT2D eigenvalue weighted by Crippen LogP contribution is 2.33. The zero-order valence-electron chi connectivity index (χ0n) is 13.9. The summed E-state index contributed by atoms with van der Waals surface area (Å²) in [6.07, 6.45) is 8.16. The Hall–Kier alpha value is -2.86. The van der Waals surface area contributed by atoms with Crippen molar-refractivity contribution in [1.29, 1.82) is 0 Å². The third-order valence-corrected chi connectivity index (χ3v) is 4.08. The molecular weight excluding hydrogens is 316 g/mol. The van der Waals surface area contributed by atoms with Crippen LogP contribution in [0.4, 0.5) is 0 Å².